The van der Waals surface area contributed by atoms with Gasteiger partial charge in [0.05, 0.1) is 32.7 Å². The van der Waals surface area contributed by atoms with Crippen LogP contribution in [0.25, 0.3) is 10.9 Å². The number of aryl methyl sites for hydroxylation is 1. The van der Waals surface area contributed by atoms with Crippen molar-refractivity contribution < 1.29 is 14.1 Å². The van der Waals surface area contributed by atoms with Crippen LogP contribution < -0.4 is 15.8 Å². The number of pyridine rings is 1. The highest BCUT2D eigenvalue weighted by Crippen LogP contribution is 2.15. The molecule has 0 aliphatic carbocycles. The zero-order valence-corrected chi connectivity index (χ0v) is 18.3. The van der Waals surface area contributed by atoms with Crippen molar-refractivity contribution >= 4 is 22.6 Å². The molecule has 0 saturated carbocycles. The molecule has 0 aliphatic heterocycles. The van der Waals surface area contributed by atoms with Crippen LogP contribution in [0.2, 0.25) is 0 Å². The molecule has 164 valence electrons. The Bertz CT molecular complexity index is 1090. The van der Waals surface area contributed by atoms with Crippen molar-refractivity contribution in [2.75, 3.05) is 31.5 Å². The van der Waals surface area contributed by atoms with E-state index in [1.807, 2.05) is 31.2 Å². The van der Waals surface area contributed by atoms with Crippen molar-refractivity contribution in [3.05, 3.63) is 75.8 Å². The zero-order chi connectivity index (χ0) is 22.4. The number of nitrogens with zero attached hydrogens (tertiary/aromatic N) is 1. The van der Waals surface area contributed by atoms with E-state index in [9.17, 15) is 14.0 Å². The molecule has 0 bridgehead atoms. The summed E-state index contributed by atoms with van der Waals surface area (Å²) in [7, 11) is 0. The number of H-pyrrole nitrogens is 1. The van der Waals surface area contributed by atoms with Gasteiger partial charge in [-0.15, -0.1) is 0 Å². The highest BCUT2D eigenvalue weighted by molar-refractivity contribution is 5.89. The molecule has 0 saturated heterocycles. The number of benzene rings is 2. The first-order chi connectivity index (χ1) is 14.9. The summed E-state index contributed by atoms with van der Waals surface area (Å²) in [5, 5.41) is 3.74. The molecule has 0 spiro atoms. The van der Waals surface area contributed by atoms with Gasteiger partial charge in [-0.3, -0.25) is 4.79 Å². The minimum absolute atomic E-state index is 0.187. The summed E-state index contributed by atoms with van der Waals surface area (Å²) in [5.74, 6) is -0.363. The number of halogens is 1. The number of carbonyl (C=O) groups is 1. The number of likely N-dealkylation sites (N-methyl/N-ethyl adjacent to an activating group) is 1. The van der Waals surface area contributed by atoms with Crippen LogP contribution in [0.3, 0.4) is 0 Å². The van der Waals surface area contributed by atoms with Crippen LogP contribution in [-0.4, -0.2) is 42.1 Å². The van der Waals surface area contributed by atoms with Gasteiger partial charge in [0.1, 0.15) is 5.82 Å². The number of carbonyl (C=O) groups excluding carboxylic acids is 1. The molecule has 0 fully saturated rings. The largest absolute Gasteiger partial charge is 0.334 e. The predicted molar refractivity (Wildman–Crippen MR) is 122 cm³/mol. The van der Waals surface area contributed by atoms with Crippen LogP contribution in [-0.2, 0) is 6.54 Å². The normalized spacial score (nSPS) is 11.1. The number of rotatable bonds is 8. The lowest BCUT2D eigenvalue weighted by Crippen LogP contribution is -3.12. The van der Waals surface area contributed by atoms with E-state index in [0.29, 0.717) is 17.8 Å². The summed E-state index contributed by atoms with van der Waals surface area (Å²) >= 11 is 0. The number of amides is 2. The molecule has 7 heteroatoms. The fourth-order valence-electron chi connectivity index (χ4n) is 3.57. The highest BCUT2D eigenvalue weighted by atomic mass is 19.1. The van der Waals surface area contributed by atoms with Crippen molar-refractivity contribution in [1.29, 1.82) is 0 Å². The fraction of sp³-hybridized carbons (Fsp3) is 0.333. The quantitative estimate of drug-likeness (QED) is 0.519. The predicted octanol–water partition coefficient (Wildman–Crippen LogP) is 2.93. The molecule has 3 N–H and O–H groups in total. The van der Waals surface area contributed by atoms with Crippen molar-refractivity contribution in [2.24, 2.45) is 0 Å². The minimum Gasteiger partial charge on any atom is -0.334 e. The van der Waals surface area contributed by atoms with E-state index in [2.05, 4.69) is 24.1 Å². The van der Waals surface area contributed by atoms with Crippen molar-refractivity contribution in [3.8, 4) is 0 Å². The Morgan fingerprint density at radius 2 is 1.81 bits per heavy atom. The van der Waals surface area contributed by atoms with Gasteiger partial charge in [0.25, 0.3) is 5.56 Å². The standard InChI is InChI=1S/C24H29FN4O2/c1-4-28(5-2)12-13-29(24(31)26-21-10-8-20(25)9-11-21)16-19-15-18-7-6-17(3)14-22(18)27-23(19)30/h6-11,14-15H,4-5,12-13,16H2,1-3H3,(H,26,31)(H,27,30)/p+1. The molecular formula is C24H30FN4O2+. The topological polar surface area (TPSA) is 69.6 Å². The van der Waals surface area contributed by atoms with Crippen LogP contribution >= 0.6 is 0 Å². The second kappa shape index (κ2) is 10.2. The lowest BCUT2D eigenvalue weighted by Gasteiger charge is -2.25. The zero-order valence-electron chi connectivity index (χ0n) is 18.3. The van der Waals surface area contributed by atoms with Gasteiger partial charge in [0.2, 0.25) is 0 Å². The molecule has 2 amide bonds. The summed E-state index contributed by atoms with van der Waals surface area (Å²) in [5.41, 5.74) is 2.68. The molecule has 6 nitrogen and oxygen atoms in total. The van der Waals surface area contributed by atoms with Gasteiger partial charge in [-0.25, -0.2) is 9.18 Å². The molecule has 31 heavy (non-hydrogen) atoms. The van der Waals surface area contributed by atoms with E-state index in [1.54, 1.807) is 4.90 Å². The van der Waals surface area contributed by atoms with E-state index in [-0.39, 0.29) is 24.0 Å². The molecule has 0 radical (unpaired) electrons. The average molecular weight is 426 g/mol. The van der Waals surface area contributed by atoms with Gasteiger partial charge in [-0.05, 0) is 68.1 Å². The minimum atomic E-state index is -0.363. The van der Waals surface area contributed by atoms with E-state index >= 15 is 0 Å². The van der Waals surface area contributed by atoms with Gasteiger partial charge >= 0.3 is 6.03 Å². The van der Waals surface area contributed by atoms with E-state index in [4.69, 9.17) is 0 Å². The number of quaternary nitrogens is 1. The second-order valence-corrected chi connectivity index (χ2v) is 7.78. The third-order valence-corrected chi connectivity index (χ3v) is 5.56. The summed E-state index contributed by atoms with van der Waals surface area (Å²) in [6, 6.07) is 13.1. The Balaban J connectivity index is 1.84. The number of hydrogen-bond donors (Lipinski definition) is 3. The summed E-state index contributed by atoms with van der Waals surface area (Å²) < 4.78 is 13.2. The lowest BCUT2D eigenvalue weighted by atomic mass is 10.1. The fourth-order valence-corrected chi connectivity index (χ4v) is 3.57. The van der Waals surface area contributed by atoms with Crippen LogP contribution in [0.4, 0.5) is 14.9 Å². The number of hydrogen-bond acceptors (Lipinski definition) is 2. The number of aromatic amines is 1. The Hall–Kier alpha value is -3.19. The van der Waals surface area contributed by atoms with Crippen LogP contribution in [0.5, 0.6) is 0 Å². The molecule has 3 rings (SSSR count). The number of fused-ring (bicyclic) bond motifs is 1. The van der Waals surface area contributed by atoms with Crippen molar-refractivity contribution in [1.82, 2.24) is 9.88 Å². The van der Waals surface area contributed by atoms with Gasteiger partial charge in [0, 0.05) is 16.8 Å². The molecule has 0 aliphatic rings. The first-order valence-electron chi connectivity index (χ1n) is 10.7. The van der Waals surface area contributed by atoms with Crippen LogP contribution in [0.15, 0.2) is 53.3 Å². The van der Waals surface area contributed by atoms with Crippen molar-refractivity contribution in [3.63, 3.8) is 0 Å². The average Bonchev–Trinajstić information content (AvgIpc) is 2.75. The van der Waals surface area contributed by atoms with E-state index < -0.39 is 0 Å². The maximum Gasteiger partial charge on any atom is 0.322 e. The Labute approximate surface area is 181 Å². The molecule has 3 aromatic rings. The van der Waals surface area contributed by atoms with Gasteiger partial charge in [-0.2, -0.15) is 0 Å². The van der Waals surface area contributed by atoms with Crippen LogP contribution in [0.1, 0.15) is 25.0 Å². The molecular weight excluding hydrogens is 395 g/mol. The lowest BCUT2D eigenvalue weighted by molar-refractivity contribution is -0.895. The van der Waals surface area contributed by atoms with Crippen molar-refractivity contribution in [2.45, 2.75) is 27.3 Å². The Morgan fingerprint density at radius 3 is 2.48 bits per heavy atom. The monoisotopic (exact) mass is 425 g/mol. The number of nitrogens with one attached hydrogen (secondary N) is 3. The molecule has 1 aromatic heterocycles. The summed E-state index contributed by atoms with van der Waals surface area (Å²) in [6.45, 7) is 9.56. The number of aromatic nitrogens is 1. The van der Waals surface area contributed by atoms with Gasteiger partial charge in [-0.1, -0.05) is 12.1 Å². The Kier molecular flexibility index (Phi) is 7.41. The molecule has 1 heterocycles. The molecule has 0 unspecified atom stereocenters. The molecule has 2 aromatic carbocycles. The third-order valence-electron chi connectivity index (χ3n) is 5.56. The van der Waals surface area contributed by atoms with Crippen LogP contribution in [0, 0.1) is 12.7 Å². The second-order valence-electron chi connectivity index (χ2n) is 7.78. The maximum absolute atomic E-state index is 13.2. The third kappa shape index (κ3) is 5.92. The van der Waals surface area contributed by atoms with Gasteiger partial charge in [0.15, 0.2) is 0 Å². The van der Waals surface area contributed by atoms with E-state index in [0.717, 1.165) is 36.1 Å². The summed E-state index contributed by atoms with van der Waals surface area (Å²) in [4.78, 5) is 31.6. The first kappa shape index (κ1) is 22.5. The number of urea groups is 1. The van der Waals surface area contributed by atoms with Gasteiger partial charge < -0.3 is 20.1 Å². The molecule has 0 atom stereocenters. The highest BCUT2D eigenvalue weighted by Gasteiger charge is 2.18. The summed E-state index contributed by atoms with van der Waals surface area (Å²) in [6.07, 6.45) is 0. The number of anilines is 1. The first-order valence-corrected chi connectivity index (χ1v) is 10.7. The maximum atomic E-state index is 13.2. The Morgan fingerprint density at radius 1 is 1.10 bits per heavy atom. The van der Waals surface area contributed by atoms with E-state index in [1.165, 1.54) is 29.2 Å². The SMILES string of the molecule is CC[NH+](CC)CCN(Cc1cc2ccc(C)cc2[nH]c1=O)C(=O)Nc1ccc(F)cc1. The smallest absolute Gasteiger partial charge is 0.322 e.